The van der Waals surface area contributed by atoms with Crippen molar-refractivity contribution in [3.05, 3.63) is 39.4 Å². The molecule has 4 heteroatoms. The Bertz CT molecular complexity index is 559. The van der Waals surface area contributed by atoms with Crippen LogP contribution in [0.3, 0.4) is 0 Å². The smallest absolute Gasteiger partial charge is 0.195 e. The molecule has 1 atom stereocenters. The number of unbranched alkanes of at least 4 members (excludes halogenated alkanes) is 1. The number of aryl methyl sites for hydroxylation is 1. The Morgan fingerprint density at radius 3 is 2.90 bits per heavy atom. The molecule has 0 aliphatic carbocycles. The number of allylic oxidation sites excluding steroid dienone is 1. The van der Waals surface area contributed by atoms with Crippen LogP contribution in [0.2, 0.25) is 0 Å². The molecular formula is C16H21NOS2. The van der Waals surface area contributed by atoms with E-state index >= 15 is 0 Å². The fraction of sp³-hybridized carbons (Fsp3) is 0.438. The van der Waals surface area contributed by atoms with Crippen LogP contribution in [0.25, 0.3) is 5.57 Å². The Morgan fingerprint density at radius 2 is 2.25 bits per heavy atom. The van der Waals surface area contributed by atoms with Crippen molar-refractivity contribution in [3.63, 3.8) is 0 Å². The lowest BCUT2D eigenvalue weighted by Gasteiger charge is -2.19. The van der Waals surface area contributed by atoms with Crippen molar-refractivity contribution in [2.45, 2.75) is 44.4 Å². The number of carbonyl (C=O) groups excluding carboxylic acids is 1. The average Bonchev–Trinajstić information content (AvgIpc) is 2.92. The van der Waals surface area contributed by atoms with Crippen LogP contribution >= 0.6 is 23.1 Å². The van der Waals surface area contributed by atoms with E-state index in [-0.39, 0.29) is 5.78 Å². The number of rotatable bonds is 6. The third-order valence-corrected chi connectivity index (χ3v) is 5.72. The van der Waals surface area contributed by atoms with E-state index in [1.54, 1.807) is 17.4 Å². The maximum atomic E-state index is 12.7. The molecule has 1 aliphatic rings. The van der Waals surface area contributed by atoms with E-state index in [1.807, 2.05) is 6.92 Å². The van der Waals surface area contributed by atoms with Gasteiger partial charge in [0.1, 0.15) is 4.87 Å². The first-order valence-corrected chi connectivity index (χ1v) is 8.64. The predicted molar refractivity (Wildman–Crippen MR) is 89.9 cm³/mol. The third kappa shape index (κ3) is 2.78. The van der Waals surface area contributed by atoms with Crippen LogP contribution in [0.5, 0.6) is 0 Å². The number of hydrogen-bond donors (Lipinski definition) is 1. The molecule has 0 fully saturated rings. The maximum Gasteiger partial charge on any atom is 0.195 e. The summed E-state index contributed by atoms with van der Waals surface area (Å²) in [5, 5.41) is 2.07. The molecule has 108 valence electrons. The second kappa shape index (κ2) is 6.29. The summed E-state index contributed by atoms with van der Waals surface area (Å²) >= 11 is 3.13. The van der Waals surface area contributed by atoms with E-state index < -0.39 is 4.87 Å². The lowest BCUT2D eigenvalue weighted by atomic mass is 9.97. The number of ketones is 1. The second-order valence-electron chi connectivity index (χ2n) is 5.12. The molecule has 20 heavy (non-hydrogen) atoms. The molecule has 2 rings (SSSR count). The Hall–Kier alpha value is -0.840. The van der Waals surface area contributed by atoms with Gasteiger partial charge in [-0.1, -0.05) is 31.2 Å². The molecule has 1 aromatic heterocycles. The van der Waals surface area contributed by atoms with Gasteiger partial charge < -0.3 is 5.73 Å². The minimum Gasteiger partial charge on any atom is -0.310 e. The first-order valence-electron chi connectivity index (χ1n) is 6.94. The second-order valence-corrected chi connectivity index (χ2v) is 7.58. The number of hydrogen-bond acceptors (Lipinski definition) is 4. The zero-order chi connectivity index (χ0) is 14.8. The van der Waals surface area contributed by atoms with E-state index in [1.165, 1.54) is 17.3 Å². The van der Waals surface area contributed by atoms with Crippen LogP contribution in [0.15, 0.2) is 29.0 Å². The number of nitrogens with two attached hydrogens (primary N) is 1. The molecule has 2 N–H and O–H groups in total. The van der Waals surface area contributed by atoms with E-state index in [2.05, 4.69) is 24.9 Å². The van der Waals surface area contributed by atoms with Gasteiger partial charge in [0.2, 0.25) is 0 Å². The summed E-state index contributed by atoms with van der Waals surface area (Å²) in [5.74, 6) is 0.0556. The van der Waals surface area contributed by atoms with Crippen molar-refractivity contribution < 1.29 is 4.79 Å². The molecule has 0 amide bonds. The quantitative estimate of drug-likeness (QED) is 0.794. The third-order valence-electron chi connectivity index (χ3n) is 3.52. The monoisotopic (exact) mass is 307 g/mol. The van der Waals surface area contributed by atoms with Crippen LogP contribution in [0.1, 0.15) is 43.6 Å². The van der Waals surface area contributed by atoms with Gasteiger partial charge in [-0.05, 0) is 41.7 Å². The van der Waals surface area contributed by atoms with E-state index in [9.17, 15) is 4.79 Å². The highest BCUT2D eigenvalue weighted by atomic mass is 32.2. The largest absolute Gasteiger partial charge is 0.310 e. The highest BCUT2D eigenvalue weighted by Crippen LogP contribution is 2.47. The summed E-state index contributed by atoms with van der Waals surface area (Å²) in [6, 6.07) is 2.14. The molecule has 1 unspecified atom stereocenters. The minimum atomic E-state index is -0.854. The fourth-order valence-electron chi connectivity index (χ4n) is 2.47. The van der Waals surface area contributed by atoms with Crippen LogP contribution < -0.4 is 5.73 Å². The molecule has 0 bridgehead atoms. The zero-order valence-corrected chi connectivity index (χ0v) is 13.7. The standard InChI is InChI=1S/C16H21NOS2/c1-4-6-7-12-8-10-19-14(12)13-11(3)20-16(17,9-5-2)15(13)18/h5,8,10H,2,4,6-7,9,17H2,1,3H3. The summed E-state index contributed by atoms with van der Waals surface area (Å²) in [6.45, 7) is 7.89. The van der Waals surface area contributed by atoms with Crippen molar-refractivity contribution in [1.29, 1.82) is 0 Å². The minimum absolute atomic E-state index is 0.0556. The number of Topliss-reactive ketones (excluding diaryl/α,β-unsaturated/α-hetero) is 1. The first-order chi connectivity index (χ1) is 9.53. The van der Waals surface area contributed by atoms with Gasteiger partial charge in [0, 0.05) is 16.9 Å². The van der Waals surface area contributed by atoms with Gasteiger partial charge in [0.25, 0.3) is 0 Å². The molecule has 1 aromatic rings. The van der Waals surface area contributed by atoms with Crippen molar-refractivity contribution >= 4 is 34.5 Å². The van der Waals surface area contributed by atoms with Gasteiger partial charge in [0.05, 0.1) is 0 Å². The van der Waals surface area contributed by atoms with Crippen LogP contribution in [-0.2, 0) is 11.2 Å². The summed E-state index contributed by atoms with van der Waals surface area (Å²) in [4.78, 5) is 14.0. The number of thioether (sulfide) groups is 1. The highest BCUT2D eigenvalue weighted by Gasteiger charge is 2.44. The summed E-state index contributed by atoms with van der Waals surface area (Å²) in [6.07, 6.45) is 5.58. The van der Waals surface area contributed by atoms with Gasteiger partial charge in [-0.25, -0.2) is 0 Å². The molecule has 0 aromatic carbocycles. The molecule has 2 heterocycles. The van der Waals surface area contributed by atoms with Gasteiger partial charge in [-0.2, -0.15) is 0 Å². The normalized spacial score (nSPS) is 22.6. The van der Waals surface area contributed by atoms with Gasteiger partial charge in [0.15, 0.2) is 5.78 Å². The maximum absolute atomic E-state index is 12.7. The highest BCUT2D eigenvalue weighted by molar-refractivity contribution is 8.06. The first kappa shape index (κ1) is 15.5. The molecule has 0 saturated heterocycles. The summed E-state index contributed by atoms with van der Waals surface area (Å²) in [7, 11) is 0. The lowest BCUT2D eigenvalue weighted by molar-refractivity contribution is -0.115. The summed E-state index contributed by atoms with van der Waals surface area (Å²) in [5.41, 5.74) is 8.37. The number of carbonyl (C=O) groups is 1. The van der Waals surface area contributed by atoms with E-state index in [0.29, 0.717) is 6.42 Å². The molecule has 0 spiro atoms. The Labute approximate surface area is 129 Å². The average molecular weight is 307 g/mol. The zero-order valence-electron chi connectivity index (χ0n) is 12.1. The van der Waals surface area contributed by atoms with Crippen molar-refractivity contribution in [1.82, 2.24) is 0 Å². The molecule has 0 saturated carbocycles. The topological polar surface area (TPSA) is 43.1 Å². The van der Waals surface area contributed by atoms with Gasteiger partial charge in [-0.3, -0.25) is 4.79 Å². The van der Waals surface area contributed by atoms with Crippen molar-refractivity contribution in [3.8, 4) is 0 Å². The van der Waals surface area contributed by atoms with E-state index in [4.69, 9.17) is 5.73 Å². The van der Waals surface area contributed by atoms with Crippen molar-refractivity contribution in [2.24, 2.45) is 5.73 Å². The molecule has 1 aliphatic heterocycles. The molecule has 2 nitrogen and oxygen atoms in total. The Morgan fingerprint density at radius 1 is 1.50 bits per heavy atom. The van der Waals surface area contributed by atoms with Crippen LogP contribution in [-0.4, -0.2) is 10.7 Å². The molecule has 0 radical (unpaired) electrons. The SMILES string of the molecule is C=CCC1(N)SC(C)=C(c2sccc2CCCC)C1=O. The van der Waals surface area contributed by atoms with Gasteiger partial charge in [-0.15, -0.1) is 17.9 Å². The van der Waals surface area contributed by atoms with Crippen LogP contribution in [0.4, 0.5) is 0 Å². The Kier molecular flexibility index (Phi) is 4.89. The molecular weight excluding hydrogens is 286 g/mol. The van der Waals surface area contributed by atoms with Gasteiger partial charge >= 0.3 is 0 Å². The van der Waals surface area contributed by atoms with Crippen LogP contribution in [0, 0.1) is 0 Å². The van der Waals surface area contributed by atoms with Crippen molar-refractivity contribution in [2.75, 3.05) is 0 Å². The van der Waals surface area contributed by atoms with E-state index in [0.717, 1.165) is 34.6 Å². The summed E-state index contributed by atoms with van der Waals surface area (Å²) < 4.78 is 0. The number of thiophene rings is 1. The predicted octanol–water partition coefficient (Wildman–Crippen LogP) is 4.37. The lowest BCUT2D eigenvalue weighted by Crippen LogP contribution is -2.41. The fourth-order valence-corrected chi connectivity index (χ4v) is 4.83. The Balaban J connectivity index is 2.33.